The summed E-state index contributed by atoms with van der Waals surface area (Å²) in [4.78, 5) is 26.3. The van der Waals surface area contributed by atoms with Gasteiger partial charge in [-0.1, -0.05) is 18.7 Å². The number of nitrogens with zero attached hydrogens (tertiary/aromatic N) is 3. The van der Waals surface area contributed by atoms with Gasteiger partial charge in [-0.2, -0.15) is 13.2 Å². The zero-order valence-electron chi connectivity index (χ0n) is 17.1. The number of esters is 1. The summed E-state index contributed by atoms with van der Waals surface area (Å²) in [5.74, 6) is 3.54. The van der Waals surface area contributed by atoms with Crippen LogP contribution >= 0.6 is 23.1 Å². The molecule has 1 aliphatic carbocycles. The number of rotatable bonds is 6. The molecule has 3 N–H and O–H groups in total. The Bertz CT molecular complexity index is 989. The van der Waals surface area contributed by atoms with Crippen molar-refractivity contribution in [3.63, 3.8) is 0 Å². The molecule has 0 radical (unpaired) electrons. The maximum atomic E-state index is 12.8. The third-order valence-corrected chi connectivity index (χ3v) is 7.02. The van der Waals surface area contributed by atoms with Gasteiger partial charge in [0.1, 0.15) is 5.00 Å². The van der Waals surface area contributed by atoms with Crippen molar-refractivity contribution in [3.8, 4) is 0 Å². The van der Waals surface area contributed by atoms with Gasteiger partial charge in [0.2, 0.25) is 11.1 Å². The number of thiophene rings is 1. The topological polar surface area (TPSA) is 112 Å². The van der Waals surface area contributed by atoms with Gasteiger partial charge < -0.3 is 15.9 Å². The first-order valence-electron chi connectivity index (χ1n) is 9.59. The number of halogens is 3. The Morgan fingerprint density at radius 3 is 2.74 bits per heavy atom. The van der Waals surface area contributed by atoms with Crippen molar-refractivity contribution in [2.75, 3.05) is 17.8 Å². The number of alkyl halides is 3. The van der Waals surface area contributed by atoms with Crippen LogP contribution in [-0.2, 0) is 28.5 Å². The fraction of sp³-hybridized carbons (Fsp3) is 0.556. The van der Waals surface area contributed by atoms with Crippen molar-refractivity contribution in [2.24, 2.45) is 5.92 Å². The van der Waals surface area contributed by atoms with E-state index < -0.39 is 29.1 Å². The van der Waals surface area contributed by atoms with Gasteiger partial charge in [-0.3, -0.25) is 4.79 Å². The number of nitrogens with two attached hydrogens (primary N) is 1. The number of ether oxygens (including phenoxy) is 1. The summed E-state index contributed by atoms with van der Waals surface area (Å²) in [5.41, 5.74) is 1.26. The van der Waals surface area contributed by atoms with Crippen LogP contribution in [0.25, 0.3) is 0 Å². The van der Waals surface area contributed by atoms with Gasteiger partial charge in [0.05, 0.1) is 17.4 Å². The molecule has 2 aromatic rings. The average Bonchev–Trinajstić information content (AvgIpc) is 3.21. The second-order valence-electron chi connectivity index (χ2n) is 7.20. The van der Waals surface area contributed by atoms with E-state index in [1.54, 1.807) is 6.92 Å². The third-order valence-electron chi connectivity index (χ3n) is 4.80. The third kappa shape index (κ3) is 4.97. The van der Waals surface area contributed by atoms with Crippen LogP contribution < -0.4 is 11.2 Å². The number of hydrogen-bond acceptors (Lipinski definition) is 8. The van der Waals surface area contributed by atoms with E-state index in [0.29, 0.717) is 21.2 Å². The maximum absolute atomic E-state index is 12.8. The van der Waals surface area contributed by atoms with E-state index in [2.05, 4.69) is 22.4 Å². The maximum Gasteiger partial charge on any atom is 0.453 e. The Kier molecular flexibility index (Phi) is 6.84. The second kappa shape index (κ2) is 9.07. The molecule has 2 atom stereocenters. The van der Waals surface area contributed by atoms with Crippen molar-refractivity contribution in [1.29, 1.82) is 0 Å². The van der Waals surface area contributed by atoms with Crippen molar-refractivity contribution < 1.29 is 27.5 Å². The number of anilines is 1. The number of carbonyl (C=O) groups excluding carboxylic acids is 2. The molecule has 170 valence electrons. The van der Waals surface area contributed by atoms with E-state index in [9.17, 15) is 22.8 Å². The highest BCUT2D eigenvalue weighted by Crippen LogP contribution is 2.40. The summed E-state index contributed by atoms with van der Waals surface area (Å²) in [6.45, 7) is 5.53. The predicted octanol–water partition coefficient (Wildman–Crippen LogP) is 3.49. The predicted molar refractivity (Wildman–Crippen MR) is 111 cm³/mol. The summed E-state index contributed by atoms with van der Waals surface area (Å²) in [5, 5.41) is 8.49. The number of thioether (sulfide) groups is 1. The first-order chi connectivity index (χ1) is 14.5. The molecular weight excluding hydrogens is 455 g/mol. The molecule has 1 aliphatic rings. The molecule has 0 spiro atoms. The van der Waals surface area contributed by atoms with Crippen LogP contribution in [0.2, 0.25) is 0 Å². The fourth-order valence-electron chi connectivity index (χ4n) is 3.23. The minimum Gasteiger partial charge on any atom is -0.462 e. The lowest BCUT2D eigenvalue weighted by Gasteiger charge is -2.18. The van der Waals surface area contributed by atoms with Crippen LogP contribution in [0, 0.1) is 5.92 Å². The van der Waals surface area contributed by atoms with Crippen molar-refractivity contribution in [3.05, 3.63) is 21.8 Å². The minimum absolute atomic E-state index is 0.202. The molecule has 13 heteroatoms. The molecule has 0 saturated heterocycles. The first kappa shape index (κ1) is 23.4. The van der Waals surface area contributed by atoms with E-state index in [0.717, 1.165) is 41.5 Å². The number of nitrogens with one attached hydrogen (secondary N) is 1. The Morgan fingerprint density at radius 1 is 1.42 bits per heavy atom. The summed E-state index contributed by atoms with van der Waals surface area (Å²) in [7, 11) is 0. The Labute approximate surface area is 184 Å². The Hall–Kier alpha value is -2.28. The number of hydrogen-bond donors (Lipinski definition) is 2. The molecule has 2 heterocycles. The van der Waals surface area contributed by atoms with E-state index >= 15 is 0 Å². The van der Waals surface area contributed by atoms with Crippen molar-refractivity contribution in [2.45, 2.75) is 56.6 Å². The molecule has 31 heavy (non-hydrogen) atoms. The molecule has 1 amide bonds. The number of amides is 1. The van der Waals surface area contributed by atoms with E-state index in [1.165, 1.54) is 18.3 Å². The Balaban J connectivity index is 1.80. The molecule has 8 nitrogen and oxygen atoms in total. The summed E-state index contributed by atoms with van der Waals surface area (Å²) >= 11 is 2.07. The normalized spacial score (nSPS) is 17.2. The van der Waals surface area contributed by atoms with Gasteiger partial charge in [0.15, 0.2) is 0 Å². The molecular formula is C18H22F3N5O3S2. The summed E-state index contributed by atoms with van der Waals surface area (Å²) in [6, 6.07) is 0. The van der Waals surface area contributed by atoms with Gasteiger partial charge in [0.25, 0.3) is 5.82 Å². The fourth-order valence-corrected chi connectivity index (χ4v) is 5.41. The molecule has 0 aliphatic heterocycles. The van der Waals surface area contributed by atoms with Crippen molar-refractivity contribution in [1.82, 2.24) is 14.9 Å². The van der Waals surface area contributed by atoms with Gasteiger partial charge >= 0.3 is 12.1 Å². The number of nitrogen functional groups attached to an aromatic ring is 1. The lowest BCUT2D eigenvalue weighted by molar-refractivity contribution is -0.146. The molecule has 3 rings (SSSR count). The van der Waals surface area contributed by atoms with Gasteiger partial charge in [-0.05, 0) is 44.6 Å². The zero-order chi connectivity index (χ0) is 22.9. The smallest absolute Gasteiger partial charge is 0.453 e. The highest BCUT2D eigenvalue weighted by molar-refractivity contribution is 8.00. The standard InChI is InChI=1S/C18H22F3N5O3S2/c1-4-29-15(28)12-10-6-5-8(2)7-11(10)31-14(12)23-13(27)9(3)30-17-25-24-16(26(17)22)18(19,20)21/h8-9H,4-7,22H2,1-3H3,(H,23,27). The molecule has 2 unspecified atom stereocenters. The average molecular weight is 478 g/mol. The van der Waals surface area contributed by atoms with Crippen LogP contribution in [0.4, 0.5) is 18.2 Å². The minimum atomic E-state index is -4.76. The monoisotopic (exact) mass is 477 g/mol. The quantitative estimate of drug-likeness (QED) is 0.372. The number of aromatic nitrogens is 3. The summed E-state index contributed by atoms with van der Waals surface area (Å²) in [6.07, 6.45) is -2.29. The highest BCUT2D eigenvalue weighted by atomic mass is 32.2. The van der Waals surface area contributed by atoms with Gasteiger partial charge in [-0.15, -0.1) is 21.5 Å². The lowest BCUT2D eigenvalue weighted by Crippen LogP contribution is -2.25. The van der Waals surface area contributed by atoms with Crippen LogP contribution in [0.3, 0.4) is 0 Å². The van der Waals surface area contributed by atoms with E-state index in [1.807, 2.05) is 0 Å². The van der Waals surface area contributed by atoms with Crippen LogP contribution in [0.15, 0.2) is 5.16 Å². The number of fused-ring (bicyclic) bond motifs is 1. The highest BCUT2D eigenvalue weighted by Gasteiger charge is 2.39. The van der Waals surface area contributed by atoms with Crippen LogP contribution in [0.5, 0.6) is 0 Å². The van der Waals surface area contributed by atoms with E-state index in [4.69, 9.17) is 10.6 Å². The largest absolute Gasteiger partial charge is 0.462 e. The molecule has 0 fully saturated rings. The summed E-state index contributed by atoms with van der Waals surface area (Å²) < 4.78 is 44.0. The van der Waals surface area contributed by atoms with Crippen LogP contribution in [0.1, 0.15) is 53.8 Å². The molecule has 0 saturated carbocycles. The van der Waals surface area contributed by atoms with Gasteiger partial charge in [0, 0.05) is 4.88 Å². The second-order valence-corrected chi connectivity index (χ2v) is 9.61. The molecule has 2 aromatic heterocycles. The molecule has 0 aromatic carbocycles. The number of carbonyl (C=O) groups is 2. The van der Waals surface area contributed by atoms with Gasteiger partial charge in [-0.25, -0.2) is 9.47 Å². The Morgan fingerprint density at radius 2 is 2.13 bits per heavy atom. The molecule has 0 bridgehead atoms. The van der Waals surface area contributed by atoms with Crippen LogP contribution in [-0.4, -0.2) is 38.6 Å². The lowest BCUT2D eigenvalue weighted by atomic mass is 9.88. The van der Waals surface area contributed by atoms with E-state index in [-0.39, 0.29) is 11.8 Å². The zero-order valence-corrected chi connectivity index (χ0v) is 18.7. The van der Waals surface area contributed by atoms with Crippen molar-refractivity contribution >= 4 is 40.0 Å². The first-order valence-corrected chi connectivity index (χ1v) is 11.3. The SMILES string of the molecule is CCOC(=O)c1c(NC(=O)C(C)Sc2nnc(C(F)(F)F)n2N)sc2c1CCC(C)C2.